The highest BCUT2D eigenvalue weighted by Gasteiger charge is 2.08. The molecule has 0 bridgehead atoms. The zero-order valence-corrected chi connectivity index (χ0v) is 11.3. The van der Waals surface area contributed by atoms with E-state index >= 15 is 0 Å². The molecular weight excluding hydrogens is 238 g/mol. The highest BCUT2D eigenvalue weighted by Crippen LogP contribution is 2.17. The van der Waals surface area contributed by atoms with E-state index in [1.807, 2.05) is 13.1 Å². The molecule has 0 spiro atoms. The molecule has 5 heteroatoms. The Hall–Kier alpha value is -0.780. The molecule has 2 heterocycles. The summed E-state index contributed by atoms with van der Waals surface area (Å²) in [5.41, 5.74) is 1.12. The fraction of sp³-hybridized carbons (Fsp3) is 0.455. The molecule has 2 aromatic rings. The van der Waals surface area contributed by atoms with Crippen LogP contribution in [0.3, 0.4) is 0 Å². The fourth-order valence-electron chi connectivity index (χ4n) is 1.41. The monoisotopic (exact) mass is 253 g/mol. The molecule has 0 radical (unpaired) electrons. The van der Waals surface area contributed by atoms with Gasteiger partial charge >= 0.3 is 0 Å². The Bertz CT molecular complexity index is 461. The van der Waals surface area contributed by atoms with Crippen molar-refractivity contribution in [1.29, 1.82) is 0 Å². The summed E-state index contributed by atoms with van der Waals surface area (Å²) in [6, 6.07) is 0.286. The summed E-state index contributed by atoms with van der Waals surface area (Å²) in [7, 11) is 0. The van der Waals surface area contributed by atoms with E-state index in [2.05, 4.69) is 34.5 Å². The van der Waals surface area contributed by atoms with Crippen LogP contribution in [0.4, 0.5) is 0 Å². The Morgan fingerprint density at radius 2 is 2.25 bits per heavy atom. The minimum Gasteiger partial charge on any atom is -0.302 e. The molecule has 16 heavy (non-hydrogen) atoms. The van der Waals surface area contributed by atoms with Gasteiger partial charge in [-0.3, -0.25) is 0 Å². The van der Waals surface area contributed by atoms with E-state index in [0.29, 0.717) is 0 Å². The number of nitrogens with zero attached hydrogens (tertiary/aromatic N) is 2. The van der Waals surface area contributed by atoms with Crippen molar-refractivity contribution in [1.82, 2.24) is 15.3 Å². The van der Waals surface area contributed by atoms with E-state index in [1.54, 1.807) is 22.7 Å². The van der Waals surface area contributed by atoms with Crippen molar-refractivity contribution >= 4 is 22.7 Å². The van der Waals surface area contributed by atoms with Crippen molar-refractivity contribution < 1.29 is 0 Å². The summed E-state index contributed by atoms with van der Waals surface area (Å²) in [6.45, 7) is 7.06. The zero-order valence-electron chi connectivity index (χ0n) is 9.65. The van der Waals surface area contributed by atoms with Crippen LogP contribution >= 0.6 is 22.7 Å². The Balaban J connectivity index is 1.91. The summed E-state index contributed by atoms with van der Waals surface area (Å²) in [5.74, 6) is 0. The Kier molecular flexibility index (Phi) is 3.68. The van der Waals surface area contributed by atoms with Crippen molar-refractivity contribution in [3.8, 4) is 0 Å². The van der Waals surface area contributed by atoms with Crippen LogP contribution in [-0.2, 0) is 6.54 Å². The first-order valence-corrected chi connectivity index (χ1v) is 6.91. The maximum absolute atomic E-state index is 4.47. The molecule has 2 aromatic heterocycles. The van der Waals surface area contributed by atoms with Gasteiger partial charge in [-0.05, 0) is 20.8 Å². The lowest BCUT2D eigenvalue weighted by molar-refractivity contribution is 0.562. The first kappa shape index (κ1) is 11.7. The van der Waals surface area contributed by atoms with Crippen LogP contribution in [0.15, 0.2) is 11.6 Å². The molecule has 2 rings (SSSR count). The van der Waals surface area contributed by atoms with Gasteiger partial charge in [-0.25, -0.2) is 9.97 Å². The Morgan fingerprint density at radius 3 is 2.81 bits per heavy atom. The molecule has 0 aromatic carbocycles. The average Bonchev–Trinajstić information content (AvgIpc) is 2.84. The number of aromatic nitrogens is 2. The van der Waals surface area contributed by atoms with Gasteiger partial charge in [0.1, 0.15) is 5.01 Å². The third kappa shape index (κ3) is 2.87. The van der Waals surface area contributed by atoms with Crippen molar-refractivity contribution in [2.24, 2.45) is 0 Å². The quantitative estimate of drug-likeness (QED) is 0.910. The molecule has 3 nitrogen and oxygen atoms in total. The highest BCUT2D eigenvalue weighted by atomic mass is 32.1. The predicted molar refractivity (Wildman–Crippen MR) is 69.0 cm³/mol. The maximum atomic E-state index is 4.47. The van der Waals surface area contributed by atoms with Gasteiger partial charge in [-0.15, -0.1) is 22.7 Å². The van der Waals surface area contributed by atoms with E-state index in [4.69, 9.17) is 0 Å². The van der Waals surface area contributed by atoms with Gasteiger partial charge in [0.15, 0.2) is 0 Å². The van der Waals surface area contributed by atoms with Gasteiger partial charge in [0, 0.05) is 29.0 Å². The number of nitrogens with one attached hydrogen (secondary N) is 1. The van der Waals surface area contributed by atoms with Crippen LogP contribution in [0.1, 0.15) is 33.6 Å². The molecule has 0 aliphatic carbocycles. The van der Waals surface area contributed by atoms with Crippen LogP contribution in [0.5, 0.6) is 0 Å². The molecule has 1 N–H and O–H groups in total. The van der Waals surface area contributed by atoms with Crippen LogP contribution < -0.4 is 5.32 Å². The van der Waals surface area contributed by atoms with Gasteiger partial charge in [-0.1, -0.05) is 0 Å². The van der Waals surface area contributed by atoms with Gasteiger partial charge in [0.25, 0.3) is 0 Å². The summed E-state index contributed by atoms with van der Waals surface area (Å²) in [6.07, 6.45) is 1.92. The smallest absolute Gasteiger partial charge is 0.107 e. The minimum absolute atomic E-state index is 0.286. The lowest BCUT2D eigenvalue weighted by Gasteiger charge is -2.09. The van der Waals surface area contributed by atoms with Crippen LogP contribution in [-0.4, -0.2) is 9.97 Å². The van der Waals surface area contributed by atoms with Crippen molar-refractivity contribution in [3.05, 3.63) is 32.2 Å². The first-order valence-electron chi connectivity index (χ1n) is 5.22. The molecule has 0 fully saturated rings. The lowest BCUT2D eigenvalue weighted by atomic mass is 10.2. The molecule has 0 aliphatic heterocycles. The van der Waals surface area contributed by atoms with Gasteiger partial charge < -0.3 is 5.32 Å². The predicted octanol–water partition coefficient (Wildman–Crippen LogP) is 3.07. The molecule has 0 saturated heterocycles. The van der Waals surface area contributed by atoms with Crippen LogP contribution in [0.25, 0.3) is 0 Å². The average molecular weight is 253 g/mol. The second-order valence-corrected chi connectivity index (χ2v) is 6.14. The topological polar surface area (TPSA) is 37.8 Å². The zero-order chi connectivity index (χ0) is 11.5. The number of thiazole rings is 2. The first-order chi connectivity index (χ1) is 7.65. The largest absolute Gasteiger partial charge is 0.302 e. The van der Waals surface area contributed by atoms with Gasteiger partial charge in [0.05, 0.1) is 10.7 Å². The normalized spacial score (nSPS) is 12.9. The standard InChI is InChI=1S/C11H15N3S2/c1-7-4-13-11(16-7)5-12-8(2)10-6-15-9(3)14-10/h4,6,8,12H,5H2,1-3H3. The van der Waals surface area contributed by atoms with Crippen molar-refractivity contribution in [2.45, 2.75) is 33.4 Å². The molecule has 0 amide bonds. The second-order valence-electron chi connectivity index (χ2n) is 3.76. The molecule has 86 valence electrons. The number of rotatable bonds is 4. The van der Waals surface area contributed by atoms with E-state index in [9.17, 15) is 0 Å². The van der Waals surface area contributed by atoms with Crippen molar-refractivity contribution in [3.63, 3.8) is 0 Å². The van der Waals surface area contributed by atoms with Crippen LogP contribution in [0.2, 0.25) is 0 Å². The summed E-state index contributed by atoms with van der Waals surface area (Å²) in [5, 5.41) is 7.80. The summed E-state index contributed by atoms with van der Waals surface area (Å²) >= 11 is 3.43. The van der Waals surface area contributed by atoms with E-state index in [1.165, 1.54) is 4.88 Å². The molecular formula is C11H15N3S2. The Labute approximate surface area is 104 Å². The highest BCUT2D eigenvalue weighted by molar-refractivity contribution is 7.11. The number of aryl methyl sites for hydroxylation is 2. The molecule has 0 aliphatic rings. The third-order valence-corrected chi connectivity index (χ3v) is 4.01. The molecule has 0 saturated carbocycles. The third-order valence-electron chi connectivity index (χ3n) is 2.31. The second kappa shape index (κ2) is 5.03. The maximum Gasteiger partial charge on any atom is 0.107 e. The molecule has 1 atom stereocenters. The summed E-state index contributed by atoms with van der Waals surface area (Å²) in [4.78, 5) is 10.1. The minimum atomic E-state index is 0.286. The van der Waals surface area contributed by atoms with Gasteiger partial charge in [-0.2, -0.15) is 0 Å². The van der Waals surface area contributed by atoms with E-state index in [-0.39, 0.29) is 6.04 Å². The van der Waals surface area contributed by atoms with E-state index < -0.39 is 0 Å². The van der Waals surface area contributed by atoms with Crippen molar-refractivity contribution in [2.75, 3.05) is 0 Å². The number of hydrogen-bond acceptors (Lipinski definition) is 5. The summed E-state index contributed by atoms with van der Waals surface area (Å²) < 4.78 is 0. The molecule has 1 unspecified atom stereocenters. The Morgan fingerprint density at radius 1 is 1.44 bits per heavy atom. The number of hydrogen-bond donors (Lipinski definition) is 1. The lowest BCUT2D eigenvalue weighted by Crippen LogP contribution is -2.18. The SMILES string of the molecule is Cc1cnc(CNC(C)c2csc(C)n2)s1. The fourth-order valence-corrected chi connectivity index (χ4v) is 2.85. The van der Waals surface area contributed by atoms with E-state index in [0.717, 1.165) is 22.3 Å². The van der Waals surface area contributed by atoms with Crippen LogP contribution in [0, 0.1) is 13.8 Å². The van der Waals surface area contributed by atoms with Gasteiger partial charge in [0.2, 0.25) is 0 Å².